The van der Waals surface area contributed by atoms with Crippen molar-refractivity contribution in [3.8, 4) is 0 Å². The van der Waals surface area contributed by atoms with Gasteiger partial charge in [-0.25, -0.2) is 10.9 Å². The average molecular weight is 132 g/mol. The van der Waals surface area contributed by atoms with E-state index in [1.807, 2.05) is 14.1 Å². The zero-order valence-corrected chi connectivity index (χ0v) is 6.28. The van der Waals surface area contributed by atoms with Gasteiger partial charge in [0.05, 0.1) is 6.17 Å². The Morgan fingerprint density at radius 3 is 1.78 bits per heavy atom. The first kappa shape index (κ1) is 8.84. The third-order valence-corrected chi connectivity index (χ3v) is 1.05. The monoisotopic (exact) mass is 132 g/mol. The molecule has 0 aromatic heterocycles. The summed E-state index contributed by atoms with van der Waals surface area (Å²) >= 11 is 0. The maximum Gasteiger partial charge on any atom is 0.0828 e. The lowest BCUT2D eigenvalue weighted by Crippen LogP contribution is -2.51. The summed E-state index contributed by atoms with van der Waals surface area (Å²) < 4.78 is 0. The van der Waals surface area contributed by atoms with E-state index in [0.29, 0.717) is 6.17 Å². The van der Waals surface area contributed by atoms with Crippen molar-refractivity contribution < 1.29 is 0 Å². The highest BCUT2D eigenvalue weighted by molar-refractivity contribution is 4.52. The summed E-state index contributed by atoms with van der Waals surface area (Å²) in [6, 6.07) is 0. The highest BCUT2D eigenvalue weighted by atomic mass is 15.5. The van der Waals surface area contributed by atoms with Crippen LogP contribution in [0.25, 0.3) is 0 Å². The molecule has 0 rings (SSSR count). The Hall–Kier alpha value is -0.160. The van der Waals surface area contributed by atoms with Gasteiger partial charge in [0, 0.05) is 0 Å². The van der Waals surface area contributed by atoms with Gasteiger partial charge in [-0.1, -0.05) is 6.92 Å². The second-order valence-electron chi connectivity index (χ2n) is 1.75. The van der Waals surface area contributed by atoms with Crippen LogP contribution in [0.1, 0.15) is 13.3 Å². The van der Waals surface area contributed by atoms with E-state index >= 15 is 0 Å². The van der Waals surface area contributed by atoms with Crippen molar-refractivity contribution in [1.82, 2.24) is 21.7 Å². The quantitative estimate of drug-likeness (QED) is 0.291. The lowest BCUT2D eigenvalue weighted by atomic mass is 10.4. The molecular weight excluding hydrogens is 116 g/mol. The second kappa shape index (κ2) is 5.97. The number of nitrogens with one attached hydrogen (secondary N) is 4. The van der Waals surface area contributed by atoms with Crippen LogP contribution < -0.4 is 21.7 Å². The lowest BCUT2D eigenvalue weighted by molar-refractivity contribution is 0.349. The van der Waals surface area contributed by atoms with Crippen molar-refractivity contribution in [2.75, 3.05) is 14.1 Å². The Balaban J connectivity index is 3.18. The molecule has 0 bridgehead atoms. The molecule has 0 saturated carbocycles. The van der Waals surface area contributed by atoms with E-state index in [1.54, 1.807) is 0 Å². The molecule has 0 aromatic rings. The van der Waals surface area contributed by atoms with Gasteiger partial charge in [-0.05, 0) is 20.5 Å². The summed E-state index contributed by atoms with van der Waals surface area (Å²) in [5.74, 6) is 0. The van der Waals surface area contributed by atoms with Crippen molar-refractivity contribution in [2.45, 2.75) is 19.5 Å². The summed E-state index contributed by atoms with van der Waals surface area (Å²) in [5.41, 5.74) is 11.7. The Kier molecular flexibility index (Phi) is 5.86. The van der Waals surface area contributed by atoms with Crippen molar-refractivity contribution in [1.29, 1.82) is 0 Å². The molecular formula is C5H16N4. The molecule has 0 radical (unpaired) electrons. The highest BCUT2D eigenvalue weighted by Gasteiger charge is 1.98. The maximum atomic E-state index is 3.01. The molecule has 0 aliphatic heterocycles. The van der Waals surface area contributed by atoms with E-state index in [1.165, 1.54) is 0 Å². The Labute approximate surface area is 56.3 Å². The summed E-state index contributed by atoms with van der Waals surface area (Å²) in [6.45, 7) is 2.10. The predicted molar refractivity (Wildman–Crippen MR) is 38.5 cm³/mol. The highest BCUT2D eigenvalue weighted by Crippen LogP contribution is 1.78. The van der Waals surface area contributed by atoms with Gasteiger partial charge in [-0.2, -0.15) is 0 Å². The Morgan fingerprint density at radius 2 is 1.56 bits per heavy atom. The van der Waals surface area contributed by atoms with Gasteiger partial charge >= 0.3 is 0 Å². The molecule has 4 nitrogen and oxygen atoms in total. The minimum absolute atomic E-state index is 0.292. The van der Waals surface area contributed by atoms with Crippen LogP contribution in [0, 0.1) is 0 Å². The third-order valence-electron chi connectivity index (χ3n) is 1.05. The topological polar surface area (TPSA) is 48.1 Å². The standard InChI is InChI=1S/C5H16N4/c1-4-5(8-6-2)9-7-3/h5-9H,4H2,1-3H3. The zero-order valence-electron chi connectivity index (χ0n) is 6.28. The zero-order chi connectivity index (χ0) is 7.11. The van der Waals surface area contributed by atoms with E-state index in [4.69, 9.17) is 0 Å². The minimum atomic E-state index is 0.292. The number of hydrogen-bond donors (Lipinski definition) is 4. The lowest BCUT2D eigenvalue weighted by Gasteiger charge is -2.16. The smallest absolute Gasteiger partial charge is 0.0828 e. The normalized spacial score (nSPS) is 10.7. The SMILES string of the molecule is CCC(NNC)NNC. The van der Waals surface area contributed by atoms with Crippen molar-refractivity contribution >= 4 is 0 Å². The van der Waals surface area contributed by atoms with Crippen LogP contribution in [0.5, 0.6) is 0 Å². The molecule has 0 fully saturated rings. The second-order valence-corrected chi connectivity index (χ2v) is 1.75. The van der Waals surface area contributed by atoms with E-state index < -0.39 is 0 Å². The van der Waals surface area contributed by atoms with E-state index in [-0.39, 0.29) is 0 Å². The Bertz CT molecular complexity index is 50.9. The molecule has 0 spiro atoms. The fraction of sp³-hybridized carbons (Fsp3) is 1.00. The van der Waals surface area contributed by atoms with Crippen LogP contribution in [-0.4, -0.2) is 20.3 Å². The van der Waals surface area contributed by atoms with Gasteiger partial charge in [-0.15, -0.1) is 0 Å². The fourth-order valence-electron chi connectivity index (χ4n) is 0.589. The molecule has 9 heavy (non-hydrogen) atoms. The van der Waals surface area contributed by atoms with Crippen LogP contribution in [-0.2, 0) is 0 Å². The first-order chi connectivity index (χ1) is 4.35. The molecule has 0 amide bonds. The van der Waals surface area contributed by atoms with Crippen LogP contribution >= 0.6 is 0 Å². The average Bonchev–Trinajstić information content (AvgIpc) is 1.88. The van der Waals surface area contributed by atoms with Crippen LogP contribution in [0.2, 0.25) is 0 Å². The van der Waals surface area contributed by atoms with Gasteiger partial charge in [0.2, 0.25) is 0 Å². The van der Waals surface area contributed by atoms with Crippen LogP contribution in [0.3, 0.4) is 0 Å². The molecule has 0 aromatic carbocycles. The number of hydrazine groups is 2. The molecule has 0 atom stereocenters. The molecule has 0 heterocycles. The predicted octanol–water partition coefficient (Wildman–Crippen LogP) is -0.829. The van der Waals surface area contributed by atoms with Crippen LogP contribution in [0.15, 0.2) is 0 Å². The van der Waals surface area contributed by atoms with Crippen LogP contribution in [0.4, 0.5) is 0 Å². The number of rotatable bonds is 5. The fourth-order valence-corrected chi connectivity index (χ4v) is 0.589. The first-order valence-corrected chi connectivity index (χ1v) is 3.19. The molecule has 56 valence electrons. The maximum absolute atomic E-state index is 3.01. The van der Waals surface area contributed by atoms with Gasteiger partial charge in [0.15, 0.2) is 0 Å². The summed E-state index contributed by atoms with van der Waals surface area (Å²) in [4.78, 5) is 0. The van der Waals surface area contributed by atoms with Gasteiger partial charge < -0.3 is 0 Å². The van der Waals surface area contributed by atoms with Gasteiger partial charge in [0.1, 0.15) is 0 Å². The molecule has 4 heteroatoms. The van der Waals surface area contributed by atoms with Crippen molar-refractivity contribution in [2.24, 2.45) is 0 Å². The minimum Gasteiger partial charge on any atom is -0.259 e. The van der Waals surface area contributed by atoms with Gasteiger partial charge in [-0.3, -0.25) is 10.9 Å². The van der Waals surface area contributed by atoms with E-state index in [2.05, 4.69) is 28.6 Å². The first-order valence-electron chi connectivity index (χ1n) is 3.19. The largest absolute Gasteiger partial charge is 0.259 e. The Morgan fingerprint density at radius 1 is 1.11 bits per heavy atom. The summed E-state index contributed by atoms with van der Waals surface area (Å²) in [5, 5.41) is 0. The molecule has 0 unspecified atom stereocenters. The molecule has 4 N–H and O–H groups in total. The van der Waals surface area contributed by atoms with Crippen molar-refractivity contribution in [3.05, 3.63) is 0 Å². The van der Waals surface area contributed by atoms with E-state index in [0.717, 1.165) is 6.42 Å². The summed E-state index contributed by atoms with van der Waals surface area (Å²) in [6.07, 6.45) is 1.32. The molecule has 0 aliphatic rings. The molecule has 0 saturated heterocycles. The van der Waals surface area contributed by atoms with Crippen molar-refractivity contribution in [3.63, 3.8) is 0 Å². The summed E-state index contributed by atoms with van der Waals surface area (Å²) in [7, 11) is 3.69. The van der Waals surface area contributed by atoms with Gasteiger partial charge in [0.25, 0.3) is 0 Å². The third kappa shape index (κ3) is 4.35. The molecule has 0 aliphatic carbocycles. The number of hydrogen-bond acceptors (Lipinski definition) is 4. The van der Waals surface area contributed by atoms with E-state index in [9.17, 15) is 0 Å².